The fourth-order valence-electron chi connectivity index (χ4n) is 2.99. The van der Waals surface area contributed by atoms with E-state index >= 15 is 0 Å². The molecule has 0 N–H and O–H groups in total. The molecule has 1 saturated carbocycles. The van der Waals surface area contributed by atoms with Gasteiger partial charge in [0.2, 0.25) is 0 Å². The molecule has 0 bridgehead atoms. The zero-order chi connectivity index (χ0) is 11.4. The second-order valence-electron chi connectivity index (χ2n) is 5.16. The summed E-state index contributed by atoms with van der Waals surface area (Å²) in [6.07, 6.45) is 9.30. The first kappa shape index (κ1) is 11.9. The number of methoxy groups -OCH3 is 1. The number of rotatable bonds is 5. The van der Waals surface area contributed by atoms with E-state index in [1.165, 1.54) is 45.6 Å². The van der Waals surface area contributed by atoms with Crippen LogP contribution in [0.4, 0.5) is 0 Å². The van der Waals surface area contributed by atoms with E-state index in [9.17, 15) is 4.79 Å². The van der Waals surface area contributed by atoms with Crippen LogP contribution < -0.4 is 0 Å². The van der Waals surface area contributed by atoms with Gasteiger partial charge in [-0.1, -0.05) is 25.7 Å². The maximum absolute atomic E-state index is 11.4. The molecule has 2 aliphatic rings. The Morgan fingerprint density at radius 1 is 1.31 bits per heavy atom. The number of ether oxygens (including phenoxy) is 1. The lowest BCUT2D eigenvalue weighted by Gasteiger charge is -2.38. The second-order valence-corrected chi connectivity index (χ2v) is 5.16. The lowest BCUT2D eigenvalue weighted by Crippen LogP contribution is -2.52. The first-order valence-electron chi connectivity index (χ1n) is 6.63. The zero-order valence-corrected chi connectivity index (χ0v) is 10.3. The van der Waals surface area contributed by atoms with E-state index in [1.54, 1.807) is 0 Å². The molecule has 1 unspecified atom stereocenters. The number of carbonyl (C=O) groups is 1. The molecule has 0 amide bonds. The molecule has 0 radical (unpaired) electrons. The first-order chi connectivity index (χ1) is 7.81. The topological polar surface area (TPSA) is 29.5 Å². The van der Waals surface area contributed by atoms with Crippen molar-refractivity contribution in [2.24, 2.45) is 5.92 Å². The van der Waals surface area contributed by atoms with E-state index in [2.05, 4.69) is 4.90 Å². The summed E-state index contributed by atoms with van der Waals surface area (Å²) in [5.74, 6) is 0.921. The Labute approximate surface area is 98.1 Å². The van der Waals surface area contributed by atoms with Crippen molar-refractivity contribution in [1.29, 1.82) is 0 Å². The summed E-state index contributed by atoms with van der Waals surface area (Å²) in [7, 11) is 1.48. The summed E-state index contributed by atoms with van der Waals surface area (Å²) < 4.78 is 4.78. The van der Waals surface area contributed by atoms with Crippen LogP contribution in [-0.2, 0) is 9.53 Å². The van der Waals surface area contributed by atoms with E-state index in [1.807, 2.05) is 0 Å². The minimum absolute atomic E-state index is 0.0490. The van der Waals surface area contributed by atoms with Gasteiger partial charge in [0, 0.05) is 6.54 Å². The molecule has 0 aromatic heterocycles. The third kappa shape index (κ3) is 2.76. The van der Waals surface area contributed by atoms with Crippen molar-refractivity contribution in [1.82, 2.24) is 4.90 Å². The molecule has 1 saturated heterocycles. The summed E-state index contributed by atoms with van der Waals surface area (Å²) >= 11 is 0. The van der Waals surface area contributed by atoms with Gasteiger partial charge in [-0.05, 0) is 31.7 Å². The van der Waals surface area contributed by atoms with Gasteiger partial charge in [-0.25, -0.2) is 0 Å². The molecule has 0 aromatic rings. The molecule has 2 rings (SSSR count). The van der Waals surface area contributed by atoms with Crippen LogP contribution in [0.5, 0.6) is 0 Å². The molecular weight excluding hydrogens is 202 g/mol. The molecule has 92 valence electrons. The normalized spacial score (nSPS) is 26.7. The van der Waals surface area contributed by atoms with Gasteiger partial charge >= 0.3 is 5.97 Å². The minimum Gasteiger partial charge on any atom is -0.468 e. The summed E-state index contributed by atoms with van der Waals surface area (Å²) in [5.41, 5.74) is 0. The highest BCUT2D eigenvalue weighted by Crippen LogP contribution is 2.29. The minimum atomic E-state index is -0.0490. The second kappa shape index (κ2) is 5.67. The fourth-order valence-corrected chi connectivity index (χ4v) is 2.99. The van der Waals surface area contributed by atoms with Crippen molar-refractivity contribution >= 4 is 5.97 Å². The van der Waals surface area contributed by atoms with E-state index in [0.717, 1.165) is 25.4 Å². The van der Waals surface area contributed by atoms with E-state index in [0.29, 0.717) is 0 Å². The lowest BCUT2D eigenvalue weighted by molar-refractivity contribution is -0.151. The Bertz CT molecular complexity index is 236. The maximum atomic E-state index is 11.4. The number of likely N-dealkylation sites (tertiary alicyclic amines) is 1. The Morgan fingerprint density at radius 3 is 2.62 bits per heavy atom. The summed E-state index contributed by atoms with van der Waals surface area (Å²) in [6, 6.07) is 0.0635. The SMILES string of the molecule is COC(=O)C1CCN1CCCC1CCCC1. The van der Waals surface area contributed by atoms with Crippen molar-refractivity contribution < 1.29 is 9.53 Å². The lowest BCUT2D eigenvalue weighted by atomic mass is 9.99. The van der Waals surface area contributed by atoms with Crippen molar-refractivity contribution in [3.8, 4) is 0 Å². The molecule has 1 aliphatic heterocycles. The predicted octanol–water partition coefficient (Wildman–Crippen LogP) is 2.20. The number of hydrogen-bond acceptors (Lipinski definition) is 3. The van der Waals surface area contributed by atoms with Gasteiger partial charge < -0.3 is 4.74 Å². The average Bonchev–Trinajstić information content (AvgIpc) is 2.75. The van der Waals surface area contributed by atoms with Gasteiger partial charge in [0.05, 0.1) is 7.11 Å². The number of nitrogens with zero attached hydrogens (tertiary/aromatic N) is 1. The molecule has 1 atom stereocenters. The van der Waals surface area contributed by atoms with Gasteiger partial charge in [0.25, 0.3) is 0 Å². The highest BCUT2D eigenvalue weighted by atomic mass is 16.5. The molecule has 16 heavy (non-hydrogen) atoms. The number of hydrogen-bond donors (Lipinski definition) is 0. The van der Waals surface area contributed by atoms with Crippen molar-refractivity contribution in [2.75, 3.05) is 20.2 Å². The molecule has 0 spiro atoms. The maximum Gasteiger partial charge on any atom is 0.323 e. The van der Waals surface area contributed by atoms with Gasteiger partial charge in [-0.2, -0.15) is 0 Å². The van der Waals surface area contributed by atoms with Crippen LogP contribution >= 0.6 is 0 Å². The third-order valence-electron chi connectivity index (χ3n) is 4.14. The Morgan fingerprint density at radius 2 is 2.06 bits per heavy atom. The van der Waals surface area contributed by atoms with Crippen LogP contribution in [0.15, 0.2) is 0 Å². The van der Waals surface area contributed by atoms with Gasteiger partial charge in [0.1, 0.15) is 6.04 Å². The summed E-state index contributed by atoms with van der Waals surface area (Å²) in [6.45, 7) is 2.15. The van der Waals surface area contributed by atoms with Crippen molar-refractivity contribution in [2.45, 2.75) is 51.0 Å². The smallest absolute Gasteiger partial charge is 0.323 e. The highest BCUT2D eigenvalue weighted by Gasteiger charge is 2.34. The summed E-state index contributed by atoms with van der Waals surface area (Å²) in [4.78, 5) is 13.6. The standard InChI is InChI=1S/C13H23NO2/c1-16-13(15)12-8-10-14(12)9-4-7-11-5-2-3-6-11/h11-12H,2-10H2,1H3. The largest absolute Gasteiger partial charge is 0.468 e. The van der Waals surface area contributed by atoms with Crippen molar-refractivity contribution in [3.63, 3.8) is 0 Å². The van der Waals surface area contributed by atoms with Gasteiger partial charge in [-0.3, -0.25) is 9.69 Å². The van der Waals surface area contributed by atoms with Crippen LogP contribution in [0, 0.1) is 5.92 Å². The fraction of sp³-hybridized carbons (Fsp3) is 0.923. The quantitative estimate of drug-likeness (QED) is 0.672. The van der Waals surface area contributed by atoms with Crippen LogP contribution in [0.1, 0.15) is 44.9 Å². The Balaban J connectivity index is 1.60. The molecular formula is C13H23NO2. The van der Waals surface area contributed by atoms with Crippen molar-refractivity contribution in [3.05, 3.63) is 0 Å². The van der Waals surface area contributed by atoms with Crippen LogP contribution in [-0.4, -0.2) is 37.1 Å². The van der Waals surface area contributed by atoms with Gasteiger partial charge in [0.15, 0.2) is 0 Å². The number of carbonyl (C=O) groups excluding carboxylic acids is 1. The number of esters is 1. The molecule has 3 heteroatoms. The highest BCUT2D eigenvalue weighted by molar-refractivity contribution is 5.76. The van der Waals surface area contributed by atoms with Crippen LogP contribution in [0.25, 0.3) is 0 Å². The molecule has 2 fully saturated rings. The Hall–Kier alpha value is -0.570. The first-order valence-corrected chi connectivity index (χ1v) is 6.63. The van der Waals surface area contributed by atoms with Gasteiger partial charge in [-0.15, -0.1) is 0 Å². The van der Waals surface area contributed by atoms with E-state index < -0.39 is 0 Å². The van der Waals surface area contributed by atoms with E-state index in [-0.39, 0.29) is 12.0 Å². The third-order valence-corrected chi connectivity index (χ3v) is 4.14. The molecule has 1 aliphatic carbocycles. The van der Waals surface area contributed by atoms with E-state index in [4.69, 9.17) is 4.74 Å². The van der Waals surface area contributed by atoms with Crippen LogP contribution in [0.2, 0.25) is 0 Å². The predicted molar refractivity (Wildman–Crippen MR) is 63.2 cm³/mol. The average molecular weight is 225 g/mol. The van der Waals surface area contributed by atoms with Crippen LogP contribution in [0.3, 0.4) is 0 Å². The zero-order valence-electron chi connectivity index (χ0n) is 10.3. The monoisotopic (exact) mass is 225 g/mol. The Kier molecular flexibility index (Phi) is 4.22. The summed E-state index contributed by atoms with van der Waals surface area (Å²) in [5, 5.41) is 0. The molecule has 1 heterocycles. The molecule has 0 aromatic carbocycles. The molecule has 3 nitrogen and oxygen atoms in total.